The lowest BCUT2D eigenvalue weighted by molar-refractivity contribution is -0.146. The second-order valence-electron chi connectivity index (χ2n) is 6.49. The summed E-state index contributed by atoms with van der Waals surface area (Å²) in [7, 11) is -3.04. The van der Waals surface area contributed by atoms with Gasteiger partial charge in [-0.25, -0.2) is 8.42 Å². The minimum absolute atomic E-state index is 0.0464. The molecule has 1 aliphatic carbocycles. The van der Waals surface area contributed by atoms with Crippen LogP contribution < -0.4 is 0 Å². The molecule has 1 heterocycles. The number of carboxylic acid groups (broad SMARTS) is 1. The average molecular weight is 331 g/mol. The van der Waals surface area contributed by atoms with Crippen molar-refractivity contribution in [2.45, 2.75) is 51.5 Å². The van der Waals surface area contributed by atoms with Crippen LogP contribution in [0.2, 0.25) is 0 Å². The number of amides is 1. The van der Waals surface area contributed by atoms with Crippen molar-refractivity contribution in [1.82, 2.24) is 4.90 Å². The monoisotopic (exact) mass is 331 g/mol. The summed E-state index contributed by atoms with van der Waals surface area (Å²) < 4.78 is 23.3. The van der Waals surface area contributed by atoms with Gasteiger partial charge >= 0.3 is 5.97 Å². The zero-order valence-corrected chi connectivity index (χ0v) is 13.8. The van der Waals surface area contributed by atoms with E-state index in [9.17, 15) is 18.0 Å². The molecule has 1 saturated heterocycles. The summed E-state index contributed by atoms with van der Waals surface area (Å²) in [5.74, 6) is -1.40. The first-order valence-corrected chi connectivity index (χ1v) is 9.90. The Hall–Kier alpha value is -1.11. The van der Waals surface area contributed by atoms with Gasteiger partial charge in [0.25, 0.3) is 0 Å². The molecular formula is C15H25NO5S. The first-order chi connectivity index (χ1) is 10.3. The predicted octanol–water partition coefficient (Wildman–Crippen LogP) is 1.30. The van der Waals surface area contributed by atoms with Gasteiger partial charge in [-0.3, -0.25) is 9.59 Å². The van der Waals surface area contributed by atoms with Crippen molar-refractivity contribution in [3.05, 3.63) is 0 Å². The Morgan fingerprint density at radius 2 is 1.86 bits per heavy atom. The van der Waals surface area contributed by atoms with Crippen LogP contribution in [0.3, 0.4) is 0 Å². The van der Waals surface area contributed by atoms with Gasteiger partial charge in [-0.15, -0.1) is 0 Å². The molecule has 0 aromatic heterocycles. The summed E-state index contributed by atoms with van der Waals surface area (Å²) in [6.07, 6.45) is 3.75. The molecule has 0 radical (unpaired) electrons. The molecule has 3 unspecified atom stereocenters. The second-order valence-corrected chi connectivity index (χ2v) is 8.72. The van der Waals surface area contributed by atoms with E-state index in [4.69, 9.17) is 5.11 Å². The van der Waals surface area contributed by atoms with E-state index in [-0.39, 0.29) is 29.4 Å². The van der Waals surface area contributed by atoms with Gasteiger partial charge in [0, 0.05) is 18.5 Å². The van der Waals surface area contributed by atoms with Gasteiger partial charge in [0.05, 0.1) is 17.4 Å². The Kier molecular flexibility index (Phi) is 5.47. The zero-order chi connectivity index (χ0) is 16.3. The predicted molar refractivity (Wildman–Crippen MR) is 82.1 cm³/mol. The third-order valence-corrected chi connectivity index (χ3v) is 6.52. The smallest absolute Gasteiger partial charge is 0.306 e. The maximum absolute atomic E-state index is 12.8. The van der Waals surface area contributed by atoms with E-state index in [1.54, 1.807) is 4.90 Å². The van der Waals surface area contributed by atoms with E-state index >= 15 is 0 Å². The summed E-state index contributed by atoms with van der Waals surface area (Å²) in [6.45, 7) is 2.51. The molecule has 1 amide bonds. The number of carbonyl (C=O) groups is 2. The van der Waals surface area contributed by atoms with Gasteiger partial charge in [-0.1, -0.05) is 13.3 Å². The SMILES string of the molecule is CCCN(C(=O)C1CCCC(C(=O)O)C1)C1CCS(=O)(=O)C1. The molecule has 2 aliphatic rings. The fraction of sp³-hybridized carbons (Fsp3) is 0.867. The van der Waals surface area contributed by atoms with E-state index in [0.717, 1.165) is 12.8 Å². The topological polar surface area (TPSA) is 91.8 Å². The molecule has 2 rings (SSSR count). The van der Waals surface area contributed by atoms with Crippen LogP contribution in [-0.4, -0.2) is 54.4 Å². The van der Waals surface area contributed by atoms with Crippen molar-refractivity contribution in [2.24, 2.45) is 11.8 Å². The van der Waals surface area contributed by atoms with Crippen LogP contribution >= 0.6 is 0 Å². The fourth-order valence-electron chi connectivity index (χ4n) is 3.61. The van der Waals surface area contributed by atoms with Gasteiger partial charge < -0.3 is 10.0 Å². The number of aliphatic carboxylic acids is 1. The van der Waals surface area contributed by atoms with Gasteiger partial charge in [-0.2, -0.15) is 0 Å². The molecular weight excluding hydrogens is 306 g/mol. The van der Waals surface area contributed by atoms with Gasteiger partial charge in [0.15, 0.2) is 9.84 Å². The summed E-state index contributed by atoms with van der Waals surface area (Å²) >= 11 is 0. The molecule has 2 fully saturated rings. The first-order valence-electron chi connectivity index (χ1n) is 8.07. The molecule has 0 aromatic carbocycles. The second kappa shape index (κ2) is 6.98. The van der Waals surface area contributed by atoms with Crippen LogP contribution in [0, 0.1) is 11.8 Å². The van der Waals surface area contributed by atoms with Crippen molar-refractivity contribution < 1.29 is 23.1 Å². The minimum atomic E-state index is -3.04. The van der Waals surface area contributed by atoms with Crippen LogP contribution in [0.1, 0.15) is 45.4 Å². The molecule has 22 heavy (non-hydrogen) atoms. The van der Waals surface area contributed by atoms with Crippen LogP contribution in [0.4, 0.5) is 0 Å². The third-order valence-electron chi connectivity index (χ3n) is 4.77. The average Bonchev–Trinajstić information content (AvgIpc) is 2.84. The summed E-state index contributed by atoms with van der Waals surface area (Å²) in [6, 6.07) is -0.234. The maximum Gasteiger partial charge on any atom is 0.306 e. The highest BCUT2D eigenvalue weighted by molar-refractivity contribution is 7.91. The zero-order valence-electron chi connectivity index (χ0n) is 13.0. The molecule has 1 N–H and O–H groups in total. The van der Waals surface area contributed by atoms with E-state index < -0.39 is 21.7 Å². The third kappa shape index (κ3) is 4.00. The molecule has 0 aromatic rings. The number of rotatable bonds is 5. The highest BCUT2D eigenvalue weighted by atomic mass is 32.2. The summed E-state index contributed by atoms with van der Waals surface area (Å²) in [4.78, 5) is 25.7. The normalized spacial score (nSPS) is 30.9. The van der Waals surface area contributed by atoms with E-state index in [1.165, 1.54) is 0 Å². The van der Waals surface area contributed by atoms with Gasteiger partial charge in [0.1, 0.15) is 0 Å². The molecule has 1 aliphatic heterocycles. The van der Waals surface area contributed by atoms with E-state index in [0.29, 0.717) is 32.2 Å². The quantitative estimate of drug-likeness (QED) is 0.820. The van der Waals surface area contributed by atoms with Crippen molar-refractivity contribution in [2.75, 3.05) is 18.1 Å². The lowest BCUT2D eigenvalue weighted by Gasteiger charge is -2.34. The number of nitrogens with zero attached hydrogens (tertiary/aromatic N) is 1. The molecule has 1 saturated carbocycles. The van der Waals surface area contributed by atoms with E-state index in [1.807, 2.05) is 6.92 Å². The van der Waals surface area contributed by atoms with Gasteiger partial charge in [0.2, 0.25) is 5.91 Å². The Morgan fingerprint density at radius 1 is 1.18 bits per heavy atom. The van der Waals surface area contributed by atoms with Crippen LogP contribution in [-0.2, 0) is 19.4 Å². The number of carboxylic acids is 1. The first kappa shape index (κ1) is 17.2. The molecule has 7 heteroatoms. The maximum atomic E-state index is 12.8. The Balaban J connectivity index is 2.07. The van der Waals surface area contributed by atoms with Crippen LogP contribution in [0.25, 0.3) is 0 Å². The molecule has 126 valence electrons. The number of hydrogen-bond donors (Lipinski definition) is 1. The highest BCUT2D eigenvalue weighted by Gasteiger charge is 2.38. The van der Waals surface area contributed by atoms with Crippen molar-refractivity contribution in [3.63, 3.8) is 0 Å². The number of hydrogen-bond acceptors (Lipinski definition) is 4. The van der Waals surface area contributed by atoms with Crippen molar-refractivity contribution in [3.8, 4) is 0 Å². The fourth-order valence-corrected chi connectivity index (χ4v) is 5.34. The largest absolute Gasteiger partial charge is 0.481 e. The van der Waals surface area contributed by atoms with Crippen LogP contribution in [0.5, 0.6) is 0 Å². The number of sulfone groups is 1. The standard InChI is InChI=1S/C15H25NO5S/c1-2-7-16(13-6-8-22(20,21)10-13)14(17)11-4-3-5-12(9-11)15(18)19/h11-13H,2-10H2,1H3,(H,18,19). The minimum Gasteiger partial charge on any atom is -0.481 e. The summed E-state index contributed by atoms with van der Waals surface area (Å²) in [5, 5.41) is 9.16. The molecule has 0 bridgehead atoms. The Morgan fingerprint density at radius 3 is 2.41 bits per heavy atom. The summed E-state index contributed by atoms with van der Waals surface area (Å²) in [5.41, 5.74) is 0. The van der Waals surface area contributed by atoms with E-state index in [2.05, 4.69) is 0 Å². The van der Waals surface area contributed by atoms with Gasteiger partial charge in [-0.05, 0) is 32.1 Å². The molecule has 6 nitrogen and oxygen atoms in total. The molecule has 0 spiro atoms. The van der Waals surface area contributed by atoms with Crippen molar-refractivity contribution >= 4 is 21.7 Å². The lowest BCUT2D eigenvalue weighted by Crippen LogP contribution is -2.46. The number of carbonyl (C=O) groups excluding carboxylic acids is 1. The highest BCUT2D eigenvalue weighted by Crippen LogP contribution is 2.32. The van der Waals surface area contributed by atoms with Crippen LogP contribution in [0.15, 0.2) is 0 Å². The van der Waals surface area contributed by atoms with Crippen molar-refractivity contribution in [1.29, 1.82) is 0 Å². The lowest BCUT2D eigenvalue weighted by atomic mass is 9.80. The Bertz CT molecular complexity index is 530. The molecule has 3 atom stereocenters. The Labute approximate surface area is 131 Å².